The minimum Gasteiger partial charge on any atom is -0.325 e. The van der Waals surface area contributed by atoms with Crippen LogP contribution < -0.4 is 10.6 Å². The van der Waals surface area contributed by atoms with Gasteiger partial charge in [-0.2, -0.15) is 0 Å². The van der Waals surface area contributed by atoms with Gasteiger partial charge in [-0.1, -0.05) is 0 Å². The fourth-order valence-electron chi connectivity index (χ4n) is 3.45. The van der Waals surface area contributed by atoms with Gasteiger partial charge in [-0.25, -0.2) is 4.98 Å². The third-order valence-corrected chi connectivity index (χ3v) is 5.76. The number of nitrogens with one attached hydrogen (secondary N) is 2. The lowest BCUT2D eigenvalue weighted by atomic mass is 9.96. The summed E-state index contributed by atoms with van der Waals surface area (Å²) < 4.78 is 0.847. The highest BCUT2D eigenvalue weighted by Gasteiger charge is 2.31. The van der Waals surface area contributed by atoms with E-state index in [1.807, 2.05) is 17.9 Å². The van der Waals surface area contributed by atoms with Crippen molar-refractivity contribution in [2.75, 3.05) is 23.7 Å². The highest BCUT2D eigenvalue weighted by Crippen LogP contribution is 2.21. The van der Waals surface area contributed by atoms with E-state index in [9.17, 15) is 14.4 Å². The van der Waals surface area contributed by atoms with E-state index in [1.54, 1.807) is 36.5 Å². The van der Waals surface area contributed by atoms with Crippen molar-refractivity contribution in [1.29, 1.82) is 0 Å². The third kappa shape index (κ3) is 5.73. The van der Waals surface area contributed by atoms with E-state index in [1.165, 1.54) is 6.92 Å². The molecule has 7 nitrogen and oxygen atoms in total. The van der Waals surface area contributed by atoms with Crippen LogP contribution in [0.4, 0.5) is 11.5 Å². The summed E-state index contributed by atoms with van der Waals surface area (Å²) in [4.78, 5) is 42.9. The van der Waals surface area contributed by atoms with E-state index >= 15 is 0 Å². The van der Waals surface area contributed by atoms with E-state index in [2.05, 4.69) is 31.5 Å². The van der Waals surface area contributed by atoms with E-state index in [4.69, 9.17) is 0 Å². The maximum atomic E-state index is 12.7. The Morgan fingerprint density at radius 3 is 2.50 bits per heavy atom. The smallest absolute Gasteiger partial charge is 0.241 e. The van der Waals surface area contributed by atoms with Crippen LogP contribution in [-0.2, 0) is 9.59 Å². The van der Waals surface area contributed by atoms with Crippen LogP contribution in [0.25, 0.3) is 0 Å². The molecule has 0 spiro atoms. The molecule has 2 aromatic rings. The third-order valence-electron chi connectivity index (χ3n) is 5.29. The number of ketones is 1. The first-order chi connectivity index (χ1) is 14.3. The summed E-state index contributed by atoms with van der Waals surface area (Å²) in [6.07, 6.45) is 3.26. The molecule has 158 valence electrons. The highest BCUT2D eigenvalue weighted by molar-refractivity contribution is 9.10. The standard InChI is InChI=1S/C22H25BrN4O3/c1-14(21(29)25-19-8-5-16(6-9-19)15(2)28)27-11-3-4-17(13-27)22(30)26-20-10-7-18(23)12-24-20/h5-10,12,14,17H,3-4,11,13H2,1-2H3,(H,25,29)(H,24,26,30). The molecule has 1 aromatic carbocycles. The summed E-state index contributed by atoms with van der Waals surface area (Å²) >= 11 is 3.32. The van der Waals surface area contributed by atoms with Crippen LogP contribution in [0.5, 0.6) is 0 Å². The number of hydrogen-bond acceptors (Lipinski definition) is 5. The summed E-state index contributed by atoms with van der Waals surface area (Å²) in [5.74, 6) is 0.0785. The zero-order chi connectivity index (χ0) is 21.7. The van der Waals surface area contributed by atoms with Crippen molar-refractivity contribution in [1.82, 2.24) is 9.88 Å². The van der Waals surface area contributed by atoms with Gasteiger partial charge in [0, 0.05) is 28.5 Å². The lowest BCUT2D eigenvalue weighted by Crippen LogP contribution is -2.49. The lowest BCUT2D eigenvalue weighted by Gasteiger charge is -2.35. The Labute approximate surface area is 184 Å². The summed E-state index contributed by atoms with van der Waals surface area (Å²) in [7, 11) is 0. The normalized spacial score (nSPS) is 17.8. The molecule has 0 aliphatic carbocycles. The van der Waals surface area contributed by atoms with Gasteiger partial charge in [0.1, 0.15) is 5.82 Å². The number of hydrogen-bond donors (Lipinski definition) is 2. The molecule has 2 N–H and O–H groups in total. The number of anilines is 2. The molecular weight excluding hydrogens is 448 g/mol. The minimum atomic E-state index is -0.376. The van der Waals surface area contributed by atoms with Crippen LogP contribution in [0, 0.1) is 5.92 Å². The number of carbonyl (C=O) groups is 3. The minimum absolute atomic E-state index is 0.0165. The number of halogens is 1. The summed E-state index contributed by atoms with van der Waals surface area (Å²) in [6, 6.07) is 10.0. The fraction of sp³-hybridized carbons (Fsp3) is 0.364. The first-order valence-corrected chi connectivity index (χ1v) is 10.7. The topological polar surface area (TPSA) is 91.4 Å². The molecule has 2 heterocycles. The average Bonchev–Trinajstić information content (AvgIpc) is 2.75. The van der Waals surface area contributed by atoms with Gasteiger partial charge < -0.3 is 10.6 Å². The van der Waals surface area contributed by atoms with E-state index in [0.717, 1.165) is 23.9 Å². The second-order valence-electron chi connectivity index (χ2n) is 7.48. The summed E-state index contributed by atoms with van der Waals surface area (Å²) in [5.41, 5.74) is 1.25. The van der Waals surface area contributed by atoms with Crippen molar-refractivity contribution in [2.24, 2.45) is 5.92 Å². The molecule has 2 amide bonds. The Balaban J connectivity index is 1.56. The lowest BCUT2D eigenvalue weighted by molar-refractivity contribution is -0.125. The van der Waals surface area contributed by atoms with Crippen LogP contribution >= 0.6 is 15.9 Å². The molecule has 0 saturated carbocycles. The van der Waals surface area contributed by atoms with Gasteiger partial charge in [-0.15, -0.1) is 0 Å². The molecule has 2 atom stereocenters. The van der Waals surface area contributed by atoms with Crippen molar-refractivity contribution >= 4 is 45.0 Å². The number of pyridine rings is 1. The highest BCUT2D eigenvalue weighted by atomic mass is 79.9. The molecule has 2 unspecified atom stereocenters. The number of amides is 2. The predicted molar refractivity (Wildman–Crippen MR) is 119 cm³/mol. The SMILES string of the molecule is CC(=O)c1ccc(NC(=O)C(C)N2CCCC(C(=O)Nc3ccc(Br)cn3)C2)cc1. The van der Waals surface area contributed by atoms with Gasteiger partial charge in [0.25, 0.3) is 0 Å². The number of rotatable bonds is 6. The zero-order valence-electron chi connectivity index (χ0n) is 17.0. The number of benzene rings is 1. The van der Waals surface area contributed by atoms with Crippen LogP contribution in [0.15, 0.2) is 47.1 Å². The summed E-state index contributed by atoms with van der Waals surface area (Å²) in [5, 5.41) is 5.74. The van der Waals surface area contributed by atoms with E-state index < -0.39 is 0 Å². The number of aromatic nitrogens is 1. The summed E-state index contributed by atoms with van der Waals surface area (Å²) in [6.45, 7) is 4.62. The monoisotopic (exact) mass is 472 g/mol. The van der Waals surface area contributed by atoms with Crippen molar-refractivity contribution in [2.45, 2.75) is 32.7 Å². The number of carbonyl (C=O) groups excluding carboxylic acids is 3. The van der Waals surface area contributed by atoms with E-state index in [-0.39, 0.29) is 29.6 Å². The molecule has 30 heavy (non-hydrogen) atoms. The van der Waals surface area contributed by atoms with Crippen molar-refractivity contribution < 1.29 is 14.4 Å². The Bertz CT molecular complexity index is 915. The fourth-order valence-corrected chi connectivity index (χ4v) is 3.69. The first kappa shape index (κ1) is 22.1. The van der Waals surface area contributed by atoms with Gasteiger partial charge >= 0.3 is 0 Å². The average molecular weight is 473 g/mol. The van der Waals surface area contributed by atoms with Crippen LogP contribution in [0.3, 0.4) is 0 Å². The molecule has 1 aliphatic heterocycles. The predicted octanol–water partition coefficient (Wildman–Crippen LogP) is 3.72. The molecular formula is C22H25BrN4O3. The van der Waals surface area contributed by atoms with E-state index in [0.29, 0.717) is 23.6 Å². The molecule has 0 radical (unpaired) electrons. The first-order valence-electron chi connectivity index (χ1n) is 9.92. The van der Waals surface area contributed by atoms with Gasteiger partial charge in [-0.05, 0) is 85.6 Å². The van der Waals surface area contributed by atoms with Crippen LogP contribution in [0.1, 0.15) is 37.0 Å². The van der Waals surface area contributed by atoms with Gasteiger partial charge in [0.15, 0.2) is 5.78 Å². The quantitative estimate of drug-likeness (QED) is 0.624. The van der Waals surface area contributed by atoms with Crippen LogP contribution in [0.2, 0.25) is 0 Å². The Hall–Kier alpha value is -2.58. The maximum absolute atomic E-state index is 12.7. The molecule has 1 saturated heterocycles. The van der Waals surface area contributed by atoms with Crippen molar-refractivity contribution in [3.63, 3.8) is 0 Å². The molecule has 0 bridgehead atoms. The molecule has 1 fully saturated rings. The zero-order valence-corrected chi connectivity index (χ0v) is 18.6. The Kier molecular flexibility index (Phi) is 7.33. The molecule has 1 aliphatic rings. The van der Waals surface area contributed by atoms with Crippen molar-refractivity contribution in [3.05, 3.63) is 52.6 Å². The molecule has 3 rings (SSSR count). The molecule has 8 heteroatoms. The largest absolute Gasteiger partial charge is 0.325 e. The van der Waals surface area contributed by atoms with Gasteiger partial charge in [-0.3, -0.25) is 19.3 Å². The van der Waals surface area contributed by atoms with Crippen LogP contribution in [-0.4, -0.2) is 46.6 Å². The number of Topliss-reactive ketones (excluding diaryl/α,β-unsaturated/α-hetero) is 1. The number of piperidine rings is 1. The van der Waals surface area contributed by atoms with Crippen molar-refractivity contribution in [3.8, 4) is 0 Å². The second kappa shape index (κ2) is 9.95. The van der Waals surface area contributed by atoms with Gasteiger partial charge in [0.2, 0.25) is 11.8 Å². The molecule has 1 aromatic heterocycles. The number of likely N-dealkylation sites (tertiary alicyclic amines) is 1. The second-order valence-corrected chi connectivity index (χ2v) is 8.40. The Morgan fingerprint density at radius 1 is 1.13 bits per heavy atom. The maximum Gasteiger partial charge on any atom is 0.241 e. The van der Waals surface area contributed by atoms with Gasteiger partial charge in [0.05, 0.1) is 12.0 Å². The number of nitrogens with zero attached hydrogens (tertiary/aromatic N) is 2. The Morgan fingerprint density at radius 2 is 1.87 bits per heavy atom.